The molecule has 10 bridgehead atoms. The maximum absolute atomic E-state index is 14.4. The molecule has 0 spiro atoms. The molecule has 1 unspecified atom stereocenters. The van der Waals surface area contributed by atoms with E-state index in [4.69, 9.17) is 48.8 Å². The maximum atomic E-state index is 14.4. The lowest BCUT2D eigenvalue weighted by Crippen LogP contribution is -2.40. The molecule has 11 rings (SSSR count). The number of hydrogen-bond donors (Lipinski definition) is 8. The standard InChI is InChI=1S/C60H58N14O14S6/c1-26(2)43-57-73-46(38(94-57)21-86-5)50(79)63-19-41(76)70-47(48(77)28-9-7-6-8-10-28)56-68-36(24-91-56)54-66-34(22-90-54)45-31(52-67-35(23-89-52)49(78)65-33(17-40(75)61-4)55-72-44(27(3)93-55)51(80)71-43)15-16-32(64-45)53-69-39(25-92-53)74(20-42-62-18-37(88-42)59(83)84)60(85)87-30-13-11-29(12-14-30)58(81)82/h6-10,15-16,18,22-26,29-30,33,43,47-48,77H,11-14,17,19-21H2,1-5H3,(H,61,75)(H,63,79)(H,65,78)(H,70,76)(H,71,80)(H,81,82)(H,83,84)/t29?,30?,33-,43?,47-,48-/m0/s1. The Morgan fingerprint density at radius 1 is 0.723 bits per heavy atom. The Labute approximate surface area is 558 Å². The molecule has 9 aromatic rings. The van der Waals surface area contributed by atoms with E-state index in [0.717, 1.165) is 67.8 Å². The van der Waals surface area contributed by atoms with Crippen LogP contribution in [0, 0.1) is 18.8 Å². The highest BCUT2D eigenvalue weighted by Gasteiger charge is 2.35. The molecule has 94 heavy (non-hydrogen) atoms. The van der Waals surface area contributed by atoms with Gasteiger partial charge in [0.15, 0.2) is 0 Å². The summed E-state index contributed by atoms with van der Waals surface area (Å²) >= 11 is 6.86. The lowest BCUT2D eigenvalue weighted by Gasteiger charge is -2.28. The fourth-order valence-electron chi connectivity index (χ4n) is 10.2. The molecule has 28 nitrogen and oxygen atoms in total. The van der Waals surface area contributed by atoms with Gasteiger partial charge >= 0.3 is 18.0 Å². The zero-order valence-electron chi connectivity index (χ0n) is 50.4. The number of hydrogen-bond acceptors (Lipinski definition) is 26. The van der Waals surface area contributed by atoms with Crippen molar-refractivity contribution in [3.05, 3.63) is 129 Å². The van der Waals surface area contributed by atoms with Gasteiger partial charge in [0, 0.05) is 46.1 Å². The number of fused-ring (bicyclic) bond motifs is 14. The van der Waals surface area contributed by atoms with E-state index in [9.17, 15) is 53.7 Å². The van der Waals surface area contributed by atoms with Crippen LogP contribution in [0.25, 0.3) is 43.4 Å². The number of carbonyl (C=O) groups is 8. The number of rotatable bonds is 14. The molecule has 4 atom stereocenters. The van der Waals surface area contributed by atoms with Crippen LogP contribution in [-0.2, 0) is 37.0 Å². The molecular formula is C60H58N14O14S6. The number of aromatic nitrogens is 8. The summed E-state index contributed by atoms with van der Waals surface area (Å²) in [6.45, 7) is 4.46. The Morgan fingerprint density at radius 2 is 1.44 bits per heavy atom. The van der Waals surface area contributed by atoms with Crippen LogP contribution in [0.4, 0.5) is 10.6 Å². The molecule has 2 aliphatic rings. The normalized spacial score (nSPS) is 18.3. The number of oxazole rings is 1. The van der Waals surface area contributed by atoms with Crippen LogP contribution in [0.15, 0.2) is 74.6 Å². The van der Waals surface area contributed by atoms with Crippen molar-refractivity contribution in [2.45, 2.75) is 96.4 Å². The third kappa shape index (κ3) is 14.9. The summed E-state index contributed by atoms with van der Waals surface area (Å²) in [7, 11) is 2.91. The van der Waals surface area contributed by atoms with Gasteiger partial charge in [-0.15, -0.1) is 68.0 Å². The molecule has 9 heterocycles. The lowest BCUT2D eigenvalue weighted by molar-refractivity contribution is -0.143. The fourth-order valence-corrected chi connectivity index (χ4v) is 15.7. The molecule has 6 amide bonds. The largest absolute Gasteiger partial charge is 0.481 e. The Kier molecular flexibility index (Phi) is 20.5. The van der Waals surface area contributed by atoms with Crippen molar-refractivity contribution in [3.8, 4) is 43.4 Å². The monoisotopic (exact) mass is 1390 g/mol. The van der Waals surface area contributed by atoms with Gasteiger partial charge in [-0.25, -0.2) is 49.5 Å². The molecule has 0 radical (unpaired) electrons. The summed E-state index contributed by atoms with van der Waals surface area (Å²) < 4.78 is 16.8. The molecule has 488 valence electrons. The molecule has 1 aliphatic carbocycles. The van der Waals surface area contributed by atoms with Crippen LogP contribution in [0.1, 0.15) is 148 Å². The number of methoxy groups -OCH3 is 1. The molecule has 1 saturated carbocycles. The number of aliphatic carboxylic acids is 1. The first-order chi connectivity index (χ1) is 45.2. The van der Waals surface area contributed by atoms with E-state index in [0.29, 0.717) is 88.7 Å². The highest BCUT2D eigenvalue weighted by Crippen LogP contribution is 2.41. The minimum Gasteiger partial charge on any atom is -0.481 e. The summed E-state index contributed by atoms with van der Waals surface area (Å²) in [6, 6.07) is 9.12. The van der Waals surface area contributed by atoms with E-state index < -0.39 is 103 Å². The SMILES string of the molecule is CNC(=O)C[C@@H]1NC(=O)c2csc(n2)-c2ccc(-c3nc(N(Cc4ncc(C(=O)O)o4)C(=O)OC4CCC(C(=O)O)CC4)cs3)nc2-c2csc(n2)-c2csc(n2)[C@H]([C@@H](O)c2ccccc2)NC(=O)CNC(=O)c2nc(sc2COC)C(C(C)C)NC(=O)c2nc1sc2C. The average molecular weight is 1390 g/mol. The molecule has 34 heteroatoms. The topological polar surface area (TPSA) is 395 Å². The van der Waals surface area contributed by atoms with Crippen LogP contribution in [0.2, 0.25) is 0 Å². The number of carbonyl (C=O) groups excluding carboxylic acids is 6. The number of ether oxygens (including phenoxy) is 2. The van der Waals surface area contributed by atoms with E-state index in [2.05, 4.69) is 31.6 Å². The van der Waals surface area contributed by atoms with Crippen molar-refractivity contribution < 1.29 is 67.6 Å². The van der Waals surface area contributed by atoms with Gasteiger partial charge < -0.3 is 55.8 Å². The molecule has 0 saturated heterocycles. The first kappa shape index (κ1) is 66.3. The van der Waals surface area contributed by atoms with Gasteiger partial charge in [-0.2, -0.15) is 0 Å². The summed E-state index contributed by atoms with van der Waals surface area (Å²) in [6.07, 6.45) is -0.880. The Hall–Kier alpha value is -9.16. The van der Waals surface area contributed by atoms with Crippen LogP contribution in [0.3, 0.4) is 0 Å². The van der Waals surface area contributed by atoms with Crippen molar-refractivity contribution in [1.82, 2.24) is 66.5 Å². The van der Waals surface area contributed by atoms with E-state index in [1.807, 2.05) is 13.8 Å². The van der Waals surface area contributed by atoms with E-state index in [1.54, 1.807) is 65.5 Å². The first-order valence-electron chi connectivity index (χ1n) is 29.0. The number of aryl methyl sites for hydroxylation is 1. The number of benzene rings is 1. The van der Waals surface area contributed by atoms with Gasteiger partial charge in [0.05, 0.1) is 54.3 Å². The minimum atomic E-state index is -1.38. The average Bonchev–Trinajstić information content (AvgIpc) is 1.63. The van der Waals surface area contributed by atoms with Crippen molar-refractivity contribution in [2.75, 3.05) is 25.6 Å². The zero-order chi connectivity index (χ0) is 66.5. The number of pyridine rings is 1. The number of aliphatic hydroxyl groups excluding tert-OH is 1. The van der Waals surface area contributed by atoms with Crippen molar-refractivity contribution >= 4 is 121 Å². The smallest absolute Gasteiger partial charge is 0.416 e. The van der Waals surface area contributed by atoms with Gasteiger partial charge in [-0.3, -0.25) is 33.7 Å². The second kappa shape index (κ2) is 29.0. The highest BCUT2D eigenvalue weighted by atomic mass is 32.1. The molecule has 8 N–H and O–H groups in total. The number of nitrogens with zero attached hydrogens (tertiary/aromatic N) is 9. The van der Waals surface area contributed by atoms with Gasteiger partial charge in [0.2, 0.25) is 23.5 Å². The predicted octanol–water partition coefficient (Wildman–Crippen LogP) is 8.78. The predicted molar refractivity (Wildman–Crippen MR) is 346 cm³/mol. The van der Waals surface area contributed by atoms with Gasteiger partial charge in [-0.05, 0) is 56.2 Å². The highest BCUT2D eigenvalue weighted by molar-refractivity contribution is 7.15. The zero-order valence-corrected chi connectivity index (χ0v) is 55.3. The minimum absolute atomic E-state index is 0.0209. The third-order valence-electron chi connectivity index (χ3n) is 15.1. The van der Waals surface area contributed by atoms with Crippen LogP contribution in [0.5, 0.6) is 0 Å². The lowest BCUT2D eigenvalue weighted by atomic mass is 9.87. The van der Waals surface area contributed by atoms with Crippen LogP contribution < -0.4 is 31.5 Å². The second-order valence-corrected chi connectivity index (χ2v) is 27.7. The Morgan fingerprint density at radius 3 is 2.16 bits per heavy atom. The molecule has 1 aromatic carbocycles. The second-order valence-electron chi connectivity index (χ2n) is 21.9. The van der Waals surface area contributed by atoms with Gasteiger partial charge in [0.25, 0.3) is 17.7 Å². The number of thiazole rings is 6. The number of anilines is 1. The Balaban J connectivity index is 0.980. The number of carboxylic acid groups (broad SMARTS) is 2. The third-order valence-corrected chi connectivity index (χ3v) is 20.8. The Bertz CT molecular complexity index is 4320. The van der Waals surface area contributed by atoms with Crippen LogP contribution in [-0.4, -0.2) is 130 Å². The summed E-state index contributed by atoms with van der Waals surface area (Å²) in [5.74, 6) is -6.75. The quantitative estimate of drug-likeness (QED) is 0.0504. The molecular weight excluding hydrogens is 1330 g/mol. The number of amides is 6. The molecule has 1 aliphatic heterocycles. The van der Waals surface area contributed by atoms with E-state index >= 15 is 0 Å². The summed E-state index contributed by atoms with van der Waals surface area (Å²) in [4.78, 5) is 148. The van der Waals surface area contributed by atoms with Crippen LogP contribution >= 0.6 is 68.0 Å². The van der Waals surface area contributed by atoms with Gasteiger partial charge in [-0.1, -0.05) is 44.2 Å². The number of nitrogens with one attached hydrogen (secondary N) is 5. The molecule has 1 fully saturated rings. The summed E-state index contributed by atoms with van der Waals surface area (Å²) in [5, 5.41) is 53.7. The number of carboxylic acids is 2. The van der Waals surface area contributed by atoms with Crippen molar-refractivity contribution in [3.63, 3.8) is 0 Å². The fraction of sp³-hybridized carbons (Fsp3) is 0.333. The number of aromatic carboxylic acids is 1. The summed E-state index contributed by atoms with van der Waals surface area (Å²) in [5.41, 5.74) is 2.12. The number of aliphatic hydroxyl groups is 1. The molecule has 8 aromatic heterocycles. The van der Waals surface area contributed by atoms with E-state index in [1.165, 1.54) is 30.9 Å². The first-order valence-corrected chi connectivity index (χ1v) is 34.2. The van der Waals surface area contributed by atoms with Gasteiger partial charge in [0.1, 0.15) is 94.8 Å². The maximum Gasteiger partial charge on any atom is 0.416 e. The van der Waals surface area contributed by atoms with Crippen molar-refractivity contribution in [1.29, 1.82) is 0 Å². The van der Waals surface area contributed by atoms with Crippen molar-refractivity contribution in [2.24, 2.45) is 11.8 Å². The van der Waals surface area contributed by atoms with E-state index in [-0.39, 0.29) is 58.4 Å².